The van der Waals surface area contributed by atoms with Crippen molar-refractivity contribution < 1.29 is 8.83 Å². The molecule has 0 radical (unpaired) electrons. The molecule has 0 atom stereocenters. The van der Waals surface area contributed by atoms with Gasteiger partial charge in [0.05, 0.1) is 0 Å². The van der Waals surface area contributed by atoms with Crippen LogP contribution in [0, 0.1) is 0 Å². The summed E-state index contributed by atoms with van der Waals surface area (Å²) < 4.78 is 16.0. The summed E-state index contributed by atoms with van der Waals surface area (Å²) in [4.78, 5) is 2.37. The van der Waals surface area contributed by atoms with Gasteiger partial charge in [0.15, 0.2) is 0 Å². The number of hydrogen-bond acceptors (Lipinski definition) is 4. The lowest BCUT2D eigenvalue weighted by Gasteiger charge is -2.28. The molecular formula is C57H37NO2S. The van der Waals surface area contributed by atoms with Crippen LogP contribution in [-0.4, -0.2) is 0 Å². The summed E-state index contributed by atoms with van der Waals surface area (Å²) >= 11 is 1.86. The Hall–Kier alpha value is -7.40. The van der Waals surface area contributed by atoms with Gasteiger partial charge in [0.2, 0.25) is 0 Å². The number of hydrogen-bond donors (Lipinski definition) is 0. The lowest BCUT2D eigenvalue weighted by molar-refractivity contribution is 0.660. The van der Waals surface area contributed by atoms with Crippen molar-refractivity contribution in [1.29, 1.82) is 0 Å². The molecule has 0 N–H and O–H groups in total. The second kappa shape index (κ2) is 12.8. The van der Waals surface area contributed by atoms with E-state index in [0.717, 1.165) is 72.1 Å². The van der Waals surface area contributed by atoms with Gasteiger partial charge in [0.25, 0.3) is 0 Å². The zero-order valence-electron chi connectivity index (χ0n) is 33.6. The van der Waals surface area contributed by atoms with Crippen molar-refractivity contribution in [3.63, 3.8) is 0 Å². The molecule has 1 aliphatic carbocycles. The Labute approximate surface area is 356 Å². The van der Waals surface area contributed by atoms with Crippen molar-refractivity contribution in [2.75, 3.05) is 4.90 Å². The molecule has 9 aromatic carbocycles. The first-order valence-electron chi connectivity index (χ1n) is 20.9. The molecule has 61 heavy (non-hydrogen) atoms. The molecule has 3 nitrogen and oxygen atoms in total. The van der Waals surface area contributed by atoms with Crippen LogP contribution in [0.5, 0.6) is 0 Å². The van der Waals surface area contributed by atoms with Crippen molar-refractivity contribution in [2.24, 2.45) is 0 Å². The summed E-state index contributed by atoms with van der Waals surface area (Å²) in [7, 11) is 0. The van der Waals surface area contributed by atoms with Crippen molar-refractivity contribution in [3.8, 4) is 33.4 Å². The van der Waals surface area contributed by atoms with E-state index >= 15 is 0 Å². The van der Waals surface area contributed by atoms with Crippen molar-refractivity contribution >= 4 is 92.4 Å². The van der Waals surface area contributed by atoms with Crippen LogP contribution in [0.3, 0.4) is 0 Å². The molecule has 4 heteroatoms. The molecule has 0 amide bonds. The van der Waals surface area contributed by atoms with Crippen LogP contribution >= 0.6 is 11.3 Å². The fourth-order valence-electron chi connectivity index (χ4n) is 10.0. The van der Waals surface area contributed by atoms with Crippen molar-refractivity contribution in [3.05, 3.63) is 199 Å². The van der Waals surface area contributed by atoms with E-state index < -0.39 is 0 Å². The lowest BCUT2D eigenvalue weighted by atomic mass is 9.82. The van der Waals surface area contributed by atoms with E-state index in [4.69, 9.17) is 8.83 Å². The highest BCUT2D eigenvalue weighted by Crippen LogP contribution is 2.51. The largest absolute Gasteiger partial charge is 0.456 e. The van der Waals surface area contributed by atoms with E-state index in [1.54, 1.807) is 0 Å². The predicted octanol–water partition coefficient (Wildman–Crippen LogP) is 17.0. The fraction of sp³-hybridized carbons (Fsp3) is 0.0526. The molecule has 288 valence electrons. The van der Waals surface area contributed by atoms with Gasteiger partial charge in [-0.15, -0.1) is 11.3 Å². The minimum absolute atomic E-state index is 0.131. The van der Waals surface area contributed by atoms with Crippen molar-refractivity contribution in [2.45, 2.75) is 19.3 Å². The summed E-state index contributed by atoms with van der Waals surface area (Å²) in [5, 5.41) is 6.87. The molecule has 0 bridgehead atoms. The maximum absolute atomic E-state index is 6.77. The van der Waals surface area contributed by atoms with Crippen LogP contribution in [0.15, 0.2) is 197 Å². The van der Waals surface area contributed by atoms with E-state index in [-0.39, 0.29) is 5.41 Å². The van der Waals surface area contributed by atoms with E-state index in [9.17, 15) is 0 Å². The molecule has 3 heterocycles. The third-order valence-electron chi connectivity index (χ3n) is 13.1. The average Bonchev–Trinajstić information content (AvgIpc) is 4.03. The minimum Gasteiger partial charge on any atom is -0.456 e. The van der Waals surface area contributed by atoms with Gasteiger partial charge in [0, 0.05) is 75.8 Å². The van der Waals surface area contributed by atoms with Gasteiger partial charge in [-0.25, -0.2) is 0 Å². The molecule has 0 unspecified atom stereocenters. The molecular weight excluding hydrogens is 763 g/mol. The van der Waals surface area contributed by atoms with Gasteiger partial charge in [-0.05, 0) is 99.6 Å². The van der Waals surface area contributed by atoms with Gasteiger partial charge < -0.3 is 13.7 Å². The summed E-state index contributed by atoms with van der Waals surface area (Å²) in [5.74, 6) is 0. The zero-order valence-corrected chi connectivity index (χ0v) is 34.4. The van der Waals surface area contributed by atoms with Crippen LogP contribution in [0.2, 0.25) is 0 Å². The number of furan rings is 2. The van der Waals surface area contributed by atoms with Gasteiger partial charge in [0.1, 0.15) is 22.3 Å². The van der Waals surface area contributed by atoms with Gasteiger partial charge in [-0.3, -0.25) is 0 Å². The number of nitrogens with zero attached hydrogens (tertiary/aromatic N) is 1. The quantitative estimate of drug-likeness (QED) is 0.174. The van der Waals surface area contributed by atoms with E-state index in [0.29, 0.717) is 0 Å². The highest BCUT2D eigenvalue weighted by atomic mass is 32.1. The Morgan fingerprint density at radius 3 is 1.89 bits per heavy atom. The Bertz CT molecular complexity index is 3740. The van der Waals surface area contributed by atoms with Gasteiger partial charge in [-0.2, -0.15) is 0 Å². The molecule has 0 fully saturated rings. The smallest absolute Gasteiger partial charge is 0.143 e. The first-order valence-corrected chi connectivity index (χ1v) is 21.7. The number of para-hydroxylation sites is 1. The topological polar surface area (TPSA) is 29.5 Å². The molecule has 13 rings (SSSR count). The molecule has 12 aromatic rings. The minimum atomic E-state index is -0.131. The Kier molecular flexibility index (Phi) is 7.23. The summed E-state index contributed by atoms with van der Waals surface area (Å²) in [6.07, 6.45) is 0. The molecule has 3 aromatic heterocycles. The van der Waals surface area contributed by atoms with E-state index in [1.807, 2.05) is 17.4 Å². The molecule has 0 saturated carbocycles. The summed E-state index contributed by atoms with van der Waals surface area (Å²) in [5.41, 5.74) is 16.5. The lowest BCUT2D eigenvalue weighted by Crippen LogP contribution is -2.16. The molecule has 0 saturated heterocycles. The van der Waals surface area contributed by atoms with Gasteiger partial charge in [-0.1, -0.05) is 135 Å². The summed E-state index contributed by atoms with van der Waals surface area (Å²) in [6, 6.07) is 68.1. The maximum atomic E-state index is 6.77. The second-order valence-corrected chi connectivity index (χ2v) is 18.0. The number of fused-ring (bicyclic) bond motifs is 12. The number of benzene rings is 9. The Balaban J connectivity index is 0.941. The third-order valence-corrected chi connectivity index (χ3v) is 14.2. The fourth-order valence-corrected chi connectivity index (χ4v) is 11.2. The molecule has 0 spiro atoms. The predicted molar refractivity (Wildman–Crippen MR) is 257 cm³/mol. The highest BCUT2D eigenvalue weighted by molar-refractivity contribution is 7.25. The van der Waals surface area contributed by atoms with Crippen LogP contribution in [0.1, 0.15) is 25.0 Å². The molecule has 1 aliphatic rings. The standard InChI is InChI=1S/C57H37NO2S/c1-57(2)49-17-8-6-13-41(49)42-27-24-38(30-50(42)57)58(37-22-19-34(20-23-37)36-21-26-45-44-14-7-9-18-54(44)61-55(45)29-36)39-25-28-43-47-32-53-48(33-52(47)59-51(43)31-39)46-16-10-15-40(56(46)60-53)35-11-4-3-5-12-35/h3-33H,1-2H3. The Morgan fingerprint density at radius 1 is 0.377 bits per heavy atom. The number of thiophene rings is 1. The Morgan fingerprint density at radius 2 is 1.00 bits per heavy atom. The van der Waals surface area contributed by atoms with Gasteiger partial charge >= 0.3 is 0 Å². The normalized spacial score (nSPS) is 13.2. The monoisotopic (exact) mass is 799 g/mol. The van der Waals surface area contributed by atoms with Crippen molar-refractivity contribution in [1.82, 2.24) is 0 Å². The van der Waals surface area contributed by atoms with E-state index in [2.05, 4.69) is 201 Å². The first kappa shape index (κ1) is 34.5. The zero-order chi connectivity index (χ0) is 40.4. The maximum Gasteiger partial charge on any atom is 0.143 e. The molecule has 0 aliphatic heterocycles. The van der Waals surface area contributed by atoms with Crippen LogP contribution in [0.25, 0.3) is 97.4 Å². The van der Waals surface area contributed by atoms with Crippen LogP contribution in [0.4, 0.5) is 17.1 Å². The number of rotatable bonds is 5. The summed E-state index contributed by atoms with van der Waals surface area (Å²) in [6.45, 7) is 4.69. The first-order chi connectivity index (χ1) is 30.0. The van der Waals surface area contributed by atoms with Crippen LogP contribution < -0.4 is 4.90 Å². The highest BCUT2D eigenvalue weighted by Gasteiger charge is 2.35. The number of anilines is 3. The average molecular weight is 800 g/mol. The SMILES string of the molecule is CC1(C)c2ccccc2-c2ccc(N(c3ccc(-c4ccc5c(c4)sc4ccccc45)cc3)c3ccc4c(c3)oc3cc5c(cc34)oc3c(-c4ccccc4)cccc35)cc21. The van der Waals surface area contributed by atoms with Crippen LogP contribution in [-0.2, 0) is 5.41 Å². The van der Waals surface area contributed by atoms with E-state index in [1.165, 1.54) is 53.6 Å². The third kappa shape index (κ3) is 5.16. The second-order valence-electron chi connectivity index (χ2n) is 16.9.